The second-order valence-electron chi connectivity index (χ2n) is 7.10. The minimum absolute atomic E-state index is 0.0871. The molecule has 1 atom stereocenters. The van der Waals surface area contributed by atoms with E-state index in [9.17, 15) is 4.79 Å². The van der Waals surface area contributed by atoms with E-state index in [-0.39, 0.29) is 18.6 Å². The SMILES string of the molecule is CN1C(=N)N(C(=O)OCc2ccccc2)C(=Cc2ccccc2)C1c1ccccc1. The number of ether oxygens (including phenoxy) is 1. The lowest BCUT2D eigenvalue weighted by Gasteiger charge is -2.20. The average molecular weight is 397 g/mol. The van der Waals surface area contributed by atoms with Gasteiger partial charge in [0.25, 0.3) is 0 Å². The van der Waals surface area contributed by atoms with Crippen LogP contribution in [-0.4, -0.2) is 28.9 Å². The number of carbonyl (C=O) groups excluding carboxylic acids is 1. The third-order valence-electron chi connectivity index (χ3n) is 5.09. The molecule has 0 saturated carbocycles. The molecular formula is C25H23N3O2. The van der Waals surface area contributed by atoms with Gasteiger partial charge in [-0.15, -0.1) is 0 Å². The van der Waals surface area contributed by atoms with Crippen molar-refractivity contribution >= 4 is 18.1 Å². The van der Waals surface area contributed by atoms with E-state index in [0.717, 1.165) is 16.7 Å². The summed E-state index contributed by atoms with van der Waals surface area (Å²) in [6.07, 6.45) is 1.38. The number of nitrogens with zero attached hydrogens (tertiary/aromatic N) is 2. The molecule has 1 unspecified atom stereocenters. The topological polar surface area (TPSA) is 56.6 Å². The summed E-state index contributed by atoms with van der Waals surface area (Å²) in [5, 5.41) is 8.61. The molecule has 4 rings (SSSR count). The molecule has 1 saturated heterocycles. The highest BCUT2D eigenvalue weighted by atomic mass is 16.6. The largest absolute Gasteiger partial charge is 0.444 e. The third-order valence-corrected chi connectivity index (χ3v) is 5.09. The number of carbonyl (C=O) groups is 1. The first-order chi connectivity index (χ1) is 14.6. The van der Waals surface area contributed by atoms with Crippen molar-refractivity contribution in [1.29, 1.82) is 5.41 Å². The van der Waals surface area contributed by atoms with Crippen molar-refractivity contribution in [2.24, 2.45) is 0 Å². The lowest BCUT2D eigenvalue weighted by molar-refractivity contribution is 0.123. The van der Waals surface area contributed by atoms with E-state index >= 15 is 0 Å². The quantitative estimate of drug-likeness (QED) is 0.651. The number of benzene rings is 3. The summed E-state index contributed by atoms with van der Waals surface area (Å²) >= 11 is 0. The predicted octanol–water partition coefficient (Wildman–Crippen LogP) is 5.29. The monoisotopic (exact) mass is 397 g/mol. The van der Waals surface area contributed by atoms with E-state index in [1.807, 2.05) is 104 Å². The molecule has 30 heavy (non-hydrogen) atoms. The molecule has 0 aromatic heterocycles. The van der Waals surface area contributed by atoms with Gasteiger partial charge in [0.15, 0.2) is 0 Å². The van der Waals surface area contributed by atoms with Gasteiger partial charge in [0, 0.05) is 7.05 Å². The first-order valence-electron chi connectivity index (χ1n) is 9.79. The maximum Gasteiger partial charge on any atom is 0.421 e. The van der Waals surface area contributed by atoms with Gasteiger partial charge in [-0.1, -0.05) is 91.0 Å². The van der Waals surface area contributed by atoms with Crippen molar-refractivity contribution in [3.8, 4) is 0 Å². The van der Waals surface area contributed by atoms with Gasteiger partial charge in [-0.25, -0.2) is 9.69 Å². The maximum atomic E-state index is 13.0. The van der Waals surface area contributed by atoms with Crippen LogP contribution < -0.4 is 0 Å². The Morgan fingerprint density at radius 1 is 0.933 bits per heavy atom. The fourth-order valence-corrected chi connectivity index (χ4v) is 3.59. The molecule has 1 N–H and O–H groups in total. The van der Waals surface area contributed by atoms with Crippen LogP contribution in [-0.2, 0) is 11.3 Å². The Balaban J connectivity index is 1.69. The molecule has 0 spiro atoms. The average Bonchev–Trinajstić information content (AvgIpc) is 3.03. The molecule has 1 aliphatic heterocycles. The Labute approximate surface area is 176 Å². The highest BCUT2D eigenvalue weighted by Gasteiger charge is 2.42. The van der Waals surface area contributed by atoms with Crippen LogP contribution in [0.1, 0.15) is 22.7 Å². The number of rotatable bonds is 4. The van der Waals surface area contributed by atoms with E-state index in [1.165, 1.54) is 4.90 Å². The summed E-state index contributed by atoms with van der Waals surface area (Å²) in [6, 6.07) is 29.0. The predicted molar refractivity (Wildman–Crippen MR) is 118 cm³/mol. The van der Waals surface area contributed by atoms with E-state index in [1.54, 1.807) is 4.90 Å². The zero-order valence-electron chi connectivity index (χ0n) is 16.7. The standard InChI is InChI=1S/C25H23N3O2/c1-27-23(21-15-9-4-10-16-21)22(17-19-11-5-2-6-12-19)28(24(27)26)25(29)30-18-20-13-7-3-8-14-20/h2-17,23,26H,18H2,1H3. The molecule has 1 amide bonds. The smallest absolute Gasteiger partial charge is 0.421 e. The molecule has 5 heteroatoms. The fraction of sp³-hybridized carbons (Fsp3) is 0.120. The van der Waals surface area contributed by atoms with E-state index in [4.69, 9.17) is 10.1 Å². The van der Waals surface area contributed by atoms with Crippen molar-refractivity contribution < 1.29 is 9.53 Å². The third kappa shape index (κ3) is 3.96. The van der Waals surface area contributed by atoms with Gasteiger partial charge in [0.05, 0.1) is 11.7 Å². The number of amides is 1. The first-order valence-corrected chi connectivity index (χ1v) is 9.79. The molecule has 0 bridgehead atoms. The zero-order valence-corrected chi connectivity index (χ0v) is 16.7. The molecule has 0 aliphatic carbocycles. The van der Waals surface area contributed by atoms with Gasteiger partial charge < -0.3 is 9.64 Å². The van der Waals surface area contributed by atoms with Crippen molar-refractivity contribution in [3.63, 3.8) is 0 Å². The highest BCUT2D eigenvalue weighted by molar-refractivity contribution is 5.98. The fourth-order valence-electron chi connectivity index (χ4n) is 3.59. The Kier molecular flexibility index (Phi) is 5.61. The van der Waals surface area contributed by atoms with Crippen LogP contribution in [0.5, 0.6) is 0 Å². The molecule has 3 aromatic rings. The van der Waals surface area contributed by atoms with Crippen molar-refractivity contribution in [2.45, 2.75) is 12.6 Å². The number of nitrogens with one attached hydrogen (secondary N) is 1. The highest BCUT2D eigenvalue weighted by Crippen LogP contribution is 2.38. The van der Waals surface area contributed by atoms with Crippen LogP contribution in [0, 0.1) is 5.41 Å². The number of guanidine groups is 1. The lowest BCUT2D eigenvalue weighted by atomic mass is 10.0. The van der Waals surface area contributed by atoms with Crippen LogP contribution in [0.15, 0.2) is 96.7 Å². The second kappa shape index (κ2) is 8.66. The number of hydrogen-bond acceptors (Lipinski definition) is 3. The van der Waals surface area contributed by atoms with Gasteiger partial charge >= 0.3 is 6.09 Å². The summed E-state index contributed by atoms with van der Waals surface area (Å²) in [7, 11) is 1.82. The van der Waals surface area contributed by atoms with E-state index < -0.39 is 6.09 Å². The molecule has 1 fully saturated rings. The van der Waals surface area contributed by atoms with Crippen LogP contribution in [0.2, 0.25) is 0 Å². The molecule has 1 heterocycles. The normalized spacial score (nSPS) is 17.4. The Morgan fingerprint density at radius 3 is 2.13 bits per heavy atom. The Bertz CT molecular complexity index is 1050. The second-order valence-corrected chi connectivity index (χ2v) is 7.10. The van der Waals surface area contributed by atoms with Crippen LogP contribution in [0.3, 0.4) is 0 Å². The summed E-state index contributed by atoms with van der Waals surface area (Å²) < 4.78 is 5.56. The molecule has 0 radical (unpaired) electrons. The number of likely N-dealkylation sites (N-methyl/N-ethyl adjacent to an activating group) is 1. The van der Waals surface area contributed by atoms with Gasteiger partial charge in [0.1, 0.15) is 6.61 Å². The summed E-state index contributed by atoms with van der Waals surface area (Å²) in [6.45, 7) is 0.155. The summed E-state index contributed by atoms with van der Waals surface area (Å²) in [4.78, 5) is 16.2. The van der Waals surface area contributed by atoms with Crippen molar-refractivity contribution in [2.75, 3.05) is 7.05 Å². The van der Waals surface area contributed by atoms with Gasteiger partial charge in [-0.05, 0) is 22.8 Å². The van der Waals surface area contributed by atoms with Crippen LogP contribution in [0.4, 0.5) is 4.79 Å². The Hall–Kier alpha value is -3.86. The minimum atomic E-state index is -0.559. The molecule has 5 nitrogen and oxygen atoms in total. The van der Waals surface area contributed by atoms with Gasteiger partial charge in [-0.3, -0.25) is 5.41 Å². The van der Waals surface area contributed by atoms with Crippen LogP contribution in [0.25, 0.3) is 6.08 Å². The molecular weight excluding hydrogens is 374 g/mol. The summed E-state index contributed by atoms with van der Waals surface area (Å²) in [5.74, 6) is 0.0871. The number of hydrogen-bond donors (Lipinski definition) is 1. The van der Waals surface area contributed by atoms with Crippen molar-refractivity contribution in [3.05, 3.63) is 113 Å². The summed E-state index contributed by atoms with van der Waals surface area (Å²) in [5.41, 5.74) is 3.55. The van der Waals surface area contributed by atoms with E-state index in [0.29, 0.717) is 5.70 Å². The first kappa shape index (κ1) is 19.5. The van der Waals surface area contributed by atoms with Gasteiger partial charge in [0.2, 0.25) is 5.96 Å². The molecule has 1 aliphatic rings. The maximum absolute atomic E-state index is 13.0. The Morgan fingerprint density at radius 2 is 1.50 bits per heavy atom. The van der Waals surface area contributed by atoms with Crippen molar-refractivity contribution in [1.82, 2.24) is 9.80 Å². The van der Waals surface area contributed by atoms with Gasteiger partial charge in [-0.2, -0.15) is 0 Å². The molecule has 150 valence electrons. The lowest BCUT2D eigenvalue weighted by Crippen LogP contribution is -2.35. The van der Waals surface area contributed by atoms with E-state index in [2.05, 4.69) is 0 Å². The zero-order chi connectivity index (χ0) is 20.9. The van der Waals surface area contributed by atoms with Crippen LogP contribution >= 0.6 is 0 Å². The molecule has 3 aromatic carbocycles. The minimum Gasteiger partial charge on any atom is -0.444 e.